The number of hydrogen-bond acceptors (Lipinski definition) is 0. The quantitative estimate of drug-likeness (QED) is 0.620. The summed E-state index contributed by atoms with van der Waals surface area (Å²) in [5.74, 6) is 0. The van der Waals surface area contributed by atoms with Gasteiger partial charge in [-0.05, 0) is 11.0 Å². The normalized spacial score (nSPS) is 12.2. The zero-order valence-electron chi connectivity index (χ0n) is 8.14. The van der Waals surface area contributed by atoms with Crippen LogP contribution in [-0.2, 0) is 5.41 Å². The summed E-state index contributed by atoms with van der Waals surface area (Å²) < 4.78 is 24.4. The first-order chi connectivity index (χ1) is 5.91. The van der Waals surface area contributed by atoms with Crippen LogP contribution in [0, 0.1) is 0 Å². The van der Waals surface area contributed by atoms with Gasteiger partial charge in [0.2, 0.25) is 0 Å². The van der Waals surface area contributed by atoms with Gasteiger partial charge in [-0.2, -0.15) is 0 Å². The first-order valence-corrected chi connectivity index (χ1v) is 4.30. The lowest BCUT2D eigenvalue weighted by molar-refractivity contribution is 0.151. The van der Waals surface area contributed by atoms with E-state index >= 15 is 0 Å². The van der Waals surface area contributed by atoms with E-state index in [-0.39, 0.29) is 11.0 Å². The summed E-state index contributed by atoms with van der Waals surface area (Å²) in [5, 5.41) is 0. The molecule has 0 aliphatic carbocycles. The van der Waals surface area contributed by atoms with Gasteiger partial charge in [0, 0.05) is 5.56 Å². The Labute approximate surface area is 77.6 Å². The predicted octanol–water partition coefficient (Wildman–Crippen LogP) is 3.92. The van der Waals surface area contributed by atoms with Gasteiger partial charge >= 0.3 is 0 Å². The second-order valence-corrected chi connectivity index (χ2v) is 4.17. The van der Waals surface area contributed by atoms with E-state index in [0.717, 1.165) is 5.56 Å². The van der Waals surface area contributed by atoms with Crippen LogP contribution >= 0.6 is 0 Å². The molecule has 72 valence electrons. The van der Waals surface area contributed by atoms with Gasteiger partial charge in [-0.15, -0.1) is 0 Å². The van der Waals surface area contributed by atoms with E-state index in [9.17, 15) is 8.78 Å². The average molecular weight is 184 g/mol. The molecule has 0 spiro atoms. The minimum absolute atomic E-state index is 0.0284. The lowest BCUT2D eigenvalue weighted by Gasteiger charge is -2.18. The molecular weight excluding hydrogens is 170 g/mol. The smallest absolute Gasteiger partial charge is 0.205 e. The number of benzene rings is 1. The molecule has 0 nitrogen and oxygen atoms in total. The van der Waals surface area contributed by atoms with Crippen LogP contribution in [0.25, 0.3) is 0 Å². The molecule has 0 N–H and O–H groups in total. The van der Waals surface area contributed by atoms with E-state index in [1.807, 2.05) is 0 Å². The Morgan fingerprint density at radius 1 is 1.00 bits per heavy atom. The van der Waals surface area contributed by atoms with Crippen molar-refractivity contribution in [3.8, 4) is 0 Å². The van der Waals surface area contributed by atoms with Crippen LogP contribution in [-0.4, -0.2) is 0 Å². The van der Waals surface area contributed by atoms with Gasteiger partial charge in [0.25, 0.3) is 6.43 Å². The van der Waals surface area contributed by atoms with E-state index in [4.69, 9.17) is 0 Å². The van der Waals surface area contributed by atoms with E-state index < -0.39 is 6.43 Å². The largest absolute Gasteiger partial charge is 0.263 e. The average Bonchev–Trinajstić information content (AvgIpc) is 2.03. The Bertz CT molecular complexity index is 267. The number of hydrogen-bond donors (Lipinski definition) is 0. The highest BCUT2D eigenvalue weighted by molar-refractivity contribution is 5.27. The van der Waals surface area contributed by atoms with Crippen molar-refractivity contribution in [1.82, 2.24) is 0 Å². The zero-order valence-corrected chi connectivity index (χ0v) is 8.14. The van der Waals surface area contributed by atoms with Gasteiger partial charge in [-0.25, -0.2) is 8.78 Å². The Hall–Kier alpha value is -0.920. The Morgan fingerprint density at radius 2 is 1.46 bits per heavy atom. The van der Waals surface area contributed by atoms with Crippen molar-refractivity contribution in [2.24, 2.45) is 0 Å². The van der Waals surface area contributed by atoms with Gasteiger partial charge in [-0.1, -0.05) is 45.0 Å². The SMILES string of the molecule is CC(C)(C)c1ccc(C(F)F)cc1. The Balaban J connectivity index is 2.94. The molecule has 0 saturated heterocycles. The van der Waals surface area contributed by atoms with E-state index in [0.29, 0.717) is 0 Å². The second kappa shape index (κ2) is 3.44. The van der Waals surface area contributed by atoms with Gasteiger partial charge in [-0.3, -0.25) is 0 Å². The molecule has 0 radical (unpaired) electrons. The molecule has 0 bridgehead atoms. The summed E-state index contributed by atoms with van der Waals surface area (Å²) in [5.41, 5.74) is 1.20. The van der Waals surface area contributed by atoms with Crippen molar-refractivity contribution < 1.29 is 8.78 Å². The molecule has 13 heavy (non-hydrogen) atoms. The summed E-state index contributed by atoms with van der Waals surface area (Å²) in [7, 11) is 0. The van der Waals surface area contributed by atoms with Gasteiger partial charge < -0.3 is 0 Å². The van der Waals surface area contributed by atoms with Crippen LogP contribution in [0.5, 0.6) is 0 Å². The summed E-state index contributed by atoms with van der Waals surface area (Å²) in [4.78, 5) is 0. The van der Waals surface area contributed by atoms with Crippen LogP contribution in [0.1, 0.15) is 38.3 Å². The molecule has 0 saturated carbocycles. The lowest BCUT2D eigenvalue weighted by atomic mass is 9.87. The molecule has 1 aromatic rings. The Morgan fingerprint density at radius 3 is 1.77 bits per heavy atom. The van der Waals surface area contributed by atoms with Crippen LogP contribution in [0.15, 0.2) is 24.3 Å². The van der Waals surface area contributed by atoms with Crippen LogP contribution in [0.4, 0.5) is 8.78 Å². The van der Waals surface area contributed by atoms with Crippen molar-refractivity contribution in [3.05, 3.63) is 35.4 Å². The molecule has 0 aromatic heterocycles. The molecule has 0 aliphatic rings. The summed E-state index contributed by atoms with van der Waals surface area (Å²) in [6.07, 6.45) is -2.37. The third kappa shape index (κ3) is 2.51. The topological polar surface area (TPSA) is 0 Å². The van der Waals surface area contributed by atoms with E-state index in [2.05, 4.69) is 20.8 Å². The fourth-order valence-electron chi connectivity index (χ4n) is 1.13. The highest BCUT2D eigenvalue weighted by Gasteiger charge is 2.14. The fourth-order valence-corrected chi connectivity index (χ4v) is 1.13. The maximum Gasteiger partial charge on any atom is 0.263 e. The standard InChI is InChI=1S/C11H14F2/c1-11(2,3)9-6-4-8(5-7-9)10(12)13/h4-7,10H,1-3H3. The monoisotopic (exact) mass is 184 g/mol. The van der Waals surface area contributed by atoms with Crippen molar-refractivity contribution in [1.29, 1.82) is 0 Å². The fraction of sp³-hybridized carbons (Fsp3) is 0.455. The number of alkyl halides is 2. The first kappa shape index (κ1) is 10.2. The van der Waals surface area contributed by atoms with Gasteiger partial charge in [0.05, 0.1) is 0 Å². The van der Waals surface area contributed by atoms with Crippen molar-refractivity contribution in [2.75, 3.05) is 0 Å². The minimum atomic E-state index is -2.37. The molecule has 0 fully saturated rings. The zero-order chi connectivity index (χ0) is 10.1. The molecule has 1 aromatic carbocycles. The second-order valence-electron chi connectivity index (χ2n) is 4.17. The predicted molar refractivity (Wildman–Crippen MR) is 50.1 cm³/mol. The Kier molecular flexibility index (Phi) is 2.69. The maximum absolute atomic E-state index is 12.2. The van der Waals surface area contributed by atoms with Crippen LogP contribution < -0.4 is 0 Å². The molecule has 0 heterocycles. The van der Waals surface area contributed by atoms with Crippen molar-refractivity contribution in [3.63, 3.8) is 0 Å². The number of halogens is 2. The molecule has 0 atom stereocenters. The lowest BCUT2D eigenvalue weighted by Crippen LogP contribution is -2.10. The van der Waals surface area contributed by atoms with Gasteiger partial charge in [0.1, 0.15) is 0 Å². The highest BCUT2D eigenvalue weighted by Crippen LogP contribution is 2.25. The van der Waals surface area contributed by atoms with Gasteiger partial charge in [0.15, 0.2) is 0 Å². The minimum Gasteiger partial charge on any atom is -0.205 e. The highest BCUT2D eigenvalue weighted by atomic mass is 19.3. The van der Waals surface area contributed by atoms with Crippen molar-refractivity contribution >= 4 is 0 Å². The number of rotatable bonds is 1. The summed E-state index contributed by atoms with van der Waals surface area (Å²) in [6.45, 7) is 6.18. The van der Waals surface area contributed by atoms with Crippen LogP contribution in [0.2, 0.25) is 0 Å². The molecule has 0 unspecified atom stereocenters. The molecule has 0 amide bonds. The maximum atomic E-state index is 12.2. The summed E-state index contributed by atoms with van der Waals surface area (Å²) in [6, 6.07) is 6.51. The third-order valence-corrected chi connectivity index (χ3v) is 2.03. The molecular formula is C11H14F2. The third-order valence-electron chi connectivity index (χ3n) is 2.03. The van der Waals surface area contributed by atoms with Crippen molar-refractivity contribution in [2.45, 2.75) is 32.6 Å². The summed E-state index contributed by atoms with van der Waals surface area (Å²) >= 11 is 0. The van der Waals surface area contributed by atoms with Crippen LogP contribution in [0.3, 0.4) is 0 Å². The molecule has 1 rings (SSSR count). The molecule has 2 heteroatoms. The van der Waals surface area contributed by atoms with E-state index in [1.165, 1.54) is 12.1 Å². The first-order valence-electron chi connectivity index (χ1n) is 4.30. The van der Waals surface area contributed by atoms with E-state index in [1.54, 1.807) is 12.1 Å². The molecule has 0 aliphatic heterocycles.